The van der Waals surface area contributed by atoms with Crippen molar-refractivity contribution < 1.29 is 34.2 Å². The van der Waals surface area contributed by atoms with Gasteiger partial charge in [0.15, 0.2) is 23.2 Å². The molecule has 3 N–H and O–H groups in total. The molecule has 0 unspecified atom stereocenters. The fraction of sp³-hybridized carbons (Fsp3) is 0.654. The number of nitrogens with zero attached hydrogens (tertiary/aromatic N) is 1. The van der Waals surface area contributed by atoms with E-state index in [1.54, 1.807) is 32.9 Å². The minimum Gasteiger partial charge on any atom is -0.450 e. The van der Waals surface area contributed by atoms with Crippen molar-refractivity contribution in [1.82, 2.24) is 5.16 Å². The molecule has 1 aromatic heterocycles. The lowest BCUT2D eigenvalue weighted by Gasteiger charge is -2.48. The van der Waals surface area contributed by atoms with Gasteiger partial charge >= 0.3 is 5.97 Å². The maximum atomic E-state index is 14.3. The average molecular weight is 472 g/mol. The molecule has 34 heavy (non-hydrogen) atoms. The highest BCUT2D eigenvalue weighted by molar-refractivity contribution is 5.96. The zero-order valence-electron chi connectivity index (χ0n) is 20.5. The number of aromatic nitrogens is 1. The minimum absolute atomic E-state index is 0.0167. The summed E-state index contributed by atoms with van der Waals surface area (Å²) in [6.45, 7) is 10.7. The first kappa shape index (κ1) is 23.5. The highest BCUT2D eigenvalue weighted by Gasteiger charge is 2.76. The van der Waals surface area contributed by atoms with Crippen molar-refractivity contribution in [1.29, 1.82) is 0 Å². The Morgan fingerprint density at radius 3 is 2.56 bits per heavy atom. The van der Waals surface area contributed by atoms with Crippen LogP contribution in [-0.2, 0) is 9.53 Å². The van der Waals surface area contributed by atoms with Gasteiger partial charge in [0.2, 0.25) is 0 Å². The Balaban J connectivity index is 1.64. The fourth-order valence-electron chi connectivity index (χ4n) is 7.36. The molecule has 4 aliphatic carbocycles. The summed E-state index contributed by atoms with van der Waals surface area (Å²) >= 11 is 0. The van der Waals surface area contributed by atoms with E-state index in [1.165, 1.54) is 0 Å². The number of fused-ring (bicyclic) bond motifs is 3. The molecule has 184 valence electrons. The molecule has 8 nitrogen and oxygen atoms in total. The Labute approximate surface area is 198 Å². The summed E-state index contributed by atoms with van der Waals surface area (Å²) < 4.78 is 10.9. The summed E-state index contributed by atoms with van der Waals surface area (Å²) in [6, 6.07) is 0. The molecule has 4 aliphatic rings. The van der Waals surface area contributed by atoms with Crippen molar-refractivity contribution in [3.63, 3.8) is 0 Å². The van der Waals surface area contributed by atoms with Crippen molar-refractivity contribution in [2.45, 2.75) is 65.8 Å². The van der Waals surface area contributed by atoms with E-state index >= 15 is 0 Å². The second-order valence-corrected chi connectivity index (χ2v) is 11.4. The molecule has 2 fully saturated rings. The predicted octanol–water partition coefficient (Wildman–Crippen LogP) is 2.28. The summed E-state index contributed by atoms with van der Waals surface area (Å²) in [5.74, 6) is -1.04. The van der Waals surface area contributed by atoms with Gasteiger partial charge in [-0.2, -0.15) is 0 Å². The van der Waals surface area contributed by atoms with Crippen molar-refractivity contribution in [2.75, 3.05) is 6.61 Å². The van der Waals surface area contributed by atoms with Gasteiger partial charge in [0.1, 0.15) is 11.9 Å². The van der Waals surface area contributed by atoms with Crippen molar-refractivity contribution >= 4 is 11.8 Å². The van der Waals surface area contributed by atoms with Crippen LogP contribution in [-0.4, -0.2) is 56.6 Å². The second-order valence-electron chi connectivity index (χ2n) is 11.4. The third kappa shape index (κ3) is 2.62. The molecular weight excluding hydrogens is 438 g/mol. The van der Waals surface area contributed by atoms with Gasteiger partial charge in [-0.05, 0) is 61.5 Å². The van der Waals surface area contributed by atoms with Crippen LogP contribution in [0.4, 0.5) is 0 Å². The zero-order valence-corrected chi connectivity index (χ0v) is 20.5. The monoisotopic (exact) mass is 471 g/mol. The van der Waals surface area contributed by atoms with Crippen molar-refractivity contribution in [2.24, 2.45) is 34.5 Å². The Bertz CT molecular complexity index is 1150. The van der Waals surface area contributed by atoms with Gasteiger partial charge in [0, 0.05) is 11.5 Å². The molecular formula is C26H33NO7. The summed E-state index contributed by atoms with van der Waals surface area (Å²) in [7, 11) is 0. The maximum Gasteiger partial charge on any atom is 0.361 e. The number of rotatable bonds is 3. The number of hydrogen-bond acceptors (Lipinski definition) is 8. The molecule has 0 radical (unpaired) electrons. The molecule has 0 aliphatic heterocycles. The SMILES string of the molecule is CC1=C[C@]23C(=O)[C@@H](C=C(CO)[C@@H](O)[C@]2(O)[C@H]1OC(=O)c1noc(C)c1C)[C@H]1[C@@H](C[C@H]3C)C1(C)C. The number of hydrogen-bond donors (Lipinski definition) is 3. The zero-order chi connectivity index (χ0) is 25.0. The maximum absolute atomic E-state index is 14.3. The van der Waals surface area contributed by atoms with Crippen LogP contribution in [0, 0.1) is 48.3 Å². The Kier molecular flexibility index (Phi) is 4.91. The molecule has 1 heterocycles. The van der Waals surface area contributed by atoms with Crippen molar-refractivity contribution in [3.05, 3.63) is 40.3 Å². The number of ketones is 1. The lowest BCUT2D eigenvalue weighted by Crippen LogP contribution is -2.65. The lowest BCUT2D eigenvalue weighted by atomic mass is 9.59. The summed E-state index contributed by atoms with van der Waals surface area (Å²) in [5.41, 5.74) is -2.51. The summed E-state index contributed by atoms with van der Waals surface area (Å²) in [5, 5.41) is 37.8. The average Bonchev–Trinajstić information content (AvgIpc) is 3.06. The molecule has 0 saturated heterocycles. The molecule has 1 aromatic rings. The topological polar surface area (TPSA) is 130 Å². The van der Waals surface area contributed by atoms with Crippen LogP contribution < -0.4 is 0 Å². The number of aliphatic hydroxyl groups excluding tert-OH is 2. The van der Waals surface area contributed by atoms with Gasteiger partial charge in [0.25, 0.3) is 0 Å². The molecule has 5 rings (SSSR count). The molecule has 8 heteroatoms. The van der Waals surface area contributed by atoms with E-state index in [0.29, 0.717) is 23.3 Å². The number of Topliss-reactive ketones (excluding diaryl/α,β-unsaturated/α-hetero) is 1. The van der Waals surface area contributed by atoms with Crippen LogP contribution in [0.25, 0.3) is 0 Å². The smallest absolute Gasteiger partial charge is 0.361 e. The molecule has 8 atom stereocenters. The summed E-state index contributed by atoms with van der Waals surface area (Å²) in [6.07, 6.45) is 1.17. The van der Waals surface area contributed by atoms with Crippen LogP contribution in [0.2, 0.25) is 0 Å². The van der Waals surface area contributed by atoms with Crippen LogP contribution in [0.3, 0.4) is 0 Å². The standard InChI is InChI=1S/C26H33NO7/c1-11-9-25-12(2)7-17-18(24(17,5)6)16(21(25)30)8-15(10-28)20(29)26(25,32)22(11)33-23(31)19-13(3)14(4)34-27-19/h8-9,12,16-18,20,22,28-29,32H,7,10H2,1-6H3/t12-,16+,17-,18+,20-,22+,25+,26+/m1/s1. The number of carbonyl (C=O) groups is 2. The number of carbonyl (C=O) groups excluding carboxylic acids is 2. The highest BCUT2D eigenvalue weighted by Crippen LogP contribution is 2.71. The van der Waals surface area contributed by atoms with Crippen LogP contribution in [0.1, 0.15) is 55.9 Å². The molecule has 2 bridgehead atoms. The highest BCUT2D eigenvalue weighted by atomic mass is 16.6. The largest absolute Gasteiger partial charge is 0.450 e. The number of aliphatic hydroxyl groups is 3. The number of aryl methyl sites for hydroxylation is 1. The van der Waals surface area contributed by atoms with E-state index in [9.17, 15) is 24.9 Å². The fourth-order valence-corrected chi connectivity index (χ4v) is 7.36. The normalized spacial score (nSPS) is 42.1. The third-order valence-corrected chi connectivity index (χ3v) is 9.47. The number of allylic oxidation sites excluding steroid dienone is 1. The Morgan fingerprint density at radius 2 is 1.97 bits per heavy atom. The van der Waals surface area contributed by atoms with Gasteiger partial charge in [-0.3, -0.25) is 4.79 Å². The van der Waals surface area contributed by atoms with E-state index in [0.717, 1.165) is 0 Å². The van der Waals surface area contributed by atoms with Crippen LogP contribution in [0.15, 0.2) is 27.8 Å². The Hall–Kier alpha value is -2.29. The van der Waals surface area contributed by atoms with Gasteiger partial charge in [0.05, 0.1) is 12.0 Å². The first-order valence-corrected chi connectivity index (χ1v) is 11.9. The molecule has 0 amide bonds. The first-order valence-electron chi connectivity index (χ1n) is 11.9. The van der Waals surface area contributed by atoms with Gasteiger partial charge in [-0.1, -0.05) is 38.1 Å². The van der Waals surface area contributed by atoms with E-state index < -0.39 is 41.7 Å². The Morgan fingerprint density at radius 1 is 1.29 bits per heavy atom. The van der Waals surface area contributed by atoms with E-state index in [1.807, 2.05) is 6.92 Å². The molecule has 0 aromatic carbocycles. The van der Waals surface area contributed by atoms with Gasteiger partial charge < -0.3 is 24.6 Å². The molecule has 2 saturated carbocycles. The first-order chi connectivity index (χ1) is 15.8. The quantitative estimate of drug-likeness (QED) is 0.452. The predicted molar refractivity (Wildman–Crippen MR) is 121 cm³/mol. The number of esters is 1. The summed E-state index contributed by atoms with van der Waals surface area (Å²) in [4.78, 5) is 27.4. The van der Waals surface area contributed by atoms with Crippen LogP contribution >= 0.6 is 0 Å². The number of ether oxygens (including phenoxy) is 1. The van der Waals surface area contributed by atoms with E-state index in [-0.39, 0.29) is 40.2 Å². The minimum atomic E-state index is -2.17. The van der Waals surface area contributed by atoms with E-state index in [4.69, 9.17) is 9.26 Å². The van der Waals surface area contributed by atoms with Gasteiger partial charge in [-0.15, -0.1) is 0 Å². The van der Waals surface area contributed by atoms with E-state index in [2.05, 4.69) is 19.0 Å². The van der Waals surface area contributed by atoms with Crippen molar-refractivity contribution in [3.8, 4) is 0 Å². The molecule has 1 spiro atoms. The van der Waals surface area contributed by atoms with Crippen LogP contribution in [0.5, 0.6) is 0 Å². The third-order valence-electron chi connectivity index (χ3n) is 9.47. The lowest BCUT2D eigenvalue weighted by molar-refractivity contribution is -0.190. The second kappa shape index (κ2) is 7.12. The van der Waals surface area contributed by atoms with Gasteiger partial charge in [-0.25, -0.2) is 4.79 Å².